The van der Waals surface area contributed by atoms with E-state index < -0.39 is 0 Å². The van der Waals surface area contributed by atoms with E-state index >= 15 is 0 Å². The molecule has 2 heterocycles. The summed E-state index contributed by atoms with van der Waals surface area (Å²) in [5.41, 5.74) is 5.35. The van der Waals surface area contributed by atoms with Gasteiger partial charge in [0.25, 0.3) is 0 Å². The minimum absolute atomic E-state index is 0.769. The van der Waals surface area contributed by atoms with Crippen LogP contribution in [0.25, 0.3) is 0 Å². The van der Waals surface area contributed by atoms with E-state index in [2.05, 4.69) is 66.9 Å². The minimum atomic E-state index is 0.769. The summed E-state index contributed by atoms with van der Waals surface area (Å²) in [4.78, 5) is 13.3. The Morgan fingerprint density at radius 2 is 2.07 bits per heavy atom. The minimum Gasteiger partial charge on any atom is -0.346 e. The van der Waals surface area contributed by atoms with Gasteiger partial charge in [0, 0.05) is 38.3 Å². The average Bonchev–Trinajstić information content (AvgIpc) is 3.01. The average molecular weight is 369 g/mol. The third-order valence-electron chi connectivity index (χ3n) is 5.92. The number of piperidine rings is 1. The highest BCUT2D eigenvalue weighted by molar-refractivity contribution is 5.25. The van der Waals surface area contributed by atoms with Crippen molar-refractivity contribution in [1.82, 2.24) is 19.8 Å². The number of aromatic nitrogens is 2. The smallest absolute Gasteiger partial charge is 0.106 e. The van der Waals surface area contributed by atoms with Crippen molar-refractivity contribution in [3.63, 3.8) is 0 Å². The zero-order valence-electron chi connectivity index (χ0n) is 17.6. The van der Waals surface area contributed by atoms with Gasteiger partial charge >= 0.3 is 0 Å². The maximum atomic E-state index is 4.74. The SMILES string of the molecule is CCc1nc(CN(C)CC2CCCN(CCc3ccccc3C)C2)c(C)[nH]1. The van der Waals surface area contributed by atoms with Crippen LogP contribution in [0.15, 0.2) is 24.3 Å². The van der Waals surface area contributed by atoms with Gasteiger partial charge in [0.1, 0.15) is 5.82 Å². The fourth-order valence-corrected chi connectivity index (χ4v) is 4.32. The summed E-state index contributed by atoms with van der Waals surface area (Å²) in [6.07, 6.45) is 4.82. The van der Waals surface area contributed by atoms with Gasteiger partial charge in [-0.05, 0) is 63.7 Å². The fourth-order valence-electron chi connectivity index (χ4n) is 4.32. The van der Waals surface area contributed by atoms with Crippen LogP contribution in [0.4, 0.5) is 0 Å². The highest BCUT2D eigenvalue weighted by atomic mass is 15.2. The second kappa shape index (κ2) is 9.52. The second-order valence-electron chi connectivity index (χ2n) is 8.29. The molecule has 4 nitrogen and oxygen atoms in total. The Bertz CT molecular complexity index is 721. The van der Waals surface area contributed by atoms with Crippen molar-refractivity contribution in [3.8, 4) is 0 Å². The van der Waals surface area contributed by atoms with Crippen LogP contribution in [0.2, 0.25) is 0 Å². The molecule has 1 aliphatic heterocycles. The van der Waals surface area contributed by atoms with E-state index in [4.69, 9.17) is 4.98 Å². The third kappa shape index (κ3) is 5.66. The first kappa shape index (κ1) is 20.1. The lowest BCUT2D eigenvalue weighted by Crippen LogP contribution is -2.40. The number of imidazole rings is 1. The number of H-pyrrole nitrogens is 1. The molecule has 27 heavy (non-hydrogen) atoms. The van der Waals surface area contributed by atoms with Gasteiger partial charge in [-0.3, -0.25) is 0 Å². The number of aryl methyl sites for hydroxylation is 3. The molecule has 1 saturated heterocycles. The van der Waals surface area contributed by atoms with Crippen LogP contribution in [-0.2, 0) is 19.4 Å². The molecule has 0 aliphatic carbocycles. The van der Waals surface area contributed by atoms with Crippen molar-refractivity contribution < 1.29 is 0 Å². The maximum absolute atomic E-state index is 4.74. The van der Waals surface area contributed by atoms with Gasteiger partial charge in [-0.25, -0.2) is 4.98 Å². The number of rotatable bonds is 8. The summed E-state index contributed by atoms with van der Waals surface area (Å²) >= 11 is 0. The fraction of sp³-hybridized carbons (Fsp3) is 0.609. The number of aromatic amines is 1. The number of nitrogens with one attached hydrogen (secondary N) is 1. The van der Waals surface area contributed by atoms with Crippen LogP contribution < -0.4 is 0 Å². The van der Waals surface area contributed by atoms with Crippen LogP contribution in [-0.4, -0.2) is 53.0 Å². The van der Waals surface area contributed by atoms with Gasteiger partial charge in [0.05, 0.1) is 5.69 Å². The topological polar surface area (TPSA) is 35.2 Å². The summed E-state index contributed by atoms with van der Waals surface area (Å²) < 4.78 is 0. The summed E-state index contributed by atoms with van der Waals surface area (Å²) in [6, 6.07) is 8.80. The molecule has 1 N–H and O–H groups in total. The predicted octanol–water partition coefficient (Wildman–Crippen LogP) is 3.98. The van der Waals surface area contributed by atoms with E-state index in [-0.39, 0.29) is 0 Å². The number of hydrogen-bond acceptors (Lipinski definition) is 3. The standard InChI is InChI=1S/C23H36N4/c1-5-23-24-19(3)22(25-23)17-26(4)15-20-10-8-13-27(16-20)14-12-21-11-7-6-9-18(21)2/h6-7,9,11,20H,5,8,10,12-17H2,1-4H3,(H,24,25). The lowest BCUT2D eigenvalue weighted by Gasteiger charge is -2.34. The molecule has 1 aliphatic rings. The molecule has 0 bridgehead atoms. The largest absolute Gasteiger partial charge is 0.346 e. The molecule has 148 valence electrons. The van der Waals surface area contributed by atoms with Crippen molar-refractivity contribution in [3.05, 3.63) is 52.6 Å². The highest BCUT2D eigenvalue weighted by Gasteiger charge is 2.21. The lowest BCUT2D eigenvalue weighted by molar-refractivity contribution is 0.142. The van der Waals surface area contributed by atoms with E-state index in [1.54, 1.807) is 0 Å². The van der Waals surface area contributed by atoms with Crippen LogP contribution in [0, 0.1) is 19.8 Å². The quantitative estimate of drug-likeness (QED) is 0.765. The van der Waals surface area contributed by atoms with Gasteiger partial charge < -0.3 is 14.8 Å². The van der Waals surface area contributed by atoms with E-state index in [1.807, 2.05) is 0 Å². The first-order valence-electron chi connectivity index (χ1n) is 10.5. The molecule has 1 fully saturated rings. The molecule has 1 aromatic carbocycles. The van der Waals surface area contributed by atoms with Crippen molar-refractivity contribution in [1.29, 1.82) is 0 Å². The summed E-state index contributed by atoms with van der Waals surface area (Å²) in [5.74, 6) is 1.88. The molecule has 0 amide bonds. The van der Waals surface area contributed by atoms with E-state index in [0.29, 0.717) is 0 Å². The van der Waals surface area contributed by atoms with Crippen LogP contribution >= 0.6 is 0 Å². The maximum Gasteiger partial charge on any atom is 0.106 e. The number of benzene rings is 1. The third-order valence-corrected chi connectivity index (χ3v) is 5.92. The predicted molar refractivity (Wildman–Crippen MR) is 113 cm³/mol. The molecule has 0 spiro atoms. The molecule has 1 atom stereocenters. The van der Waals surface area contributed by atoms with Crippen molar-refractivity contribution >= 4 is 0 Å². The Labute approximate surface area is 165 Å². The normalized spacial score (nSPS) is 18.3. The molecule has 2 aromatic rings. The molecule has 1 unspecified atom stereocenters. The second-order valence-corrected chi connectivity index (χ2v) is 8.29. The zero-order valence-corrected chi connectivity index (χ0v) is 17.6. The monoisotopic (exact) mass is 368 g/mol. The first-order valence-corrected chi connectivity index (χ1v) is 10.5. The summed E-state index contributed by atoms with van der Waals surface area (Å²) in [5, 5.41) is 0. The van der Waals surface area contributed by atoms with Gasteiger partial charge in [-0.1, -0.05) is 31.2 Å². The van der Waals surface area contributed by atoms with Crippen molar-refractivity contribution in [2.45, 2.75) is 53.0 Å². The Morgan fingerprint density at radius 1 is 1.26 bits per heavy atom. The van der Waals surface area contributed by atoms with E-state index in [9.17, 15) is 0 Å². The Kier molecular flexibility index (Phi) is 7.08. The molecule has 3 rings (SSSR count). The molecular weight excluding hydrogens is 332 g/mol. The number of likely N-dealkylation sites (tertiary alicyclic amines) is 1. The summed E-state index contributed by atoms with van der Waals surface area (Å²) in [6.45, 7) is 12.3. The van der Waals surface area contributed by atoms with E-state index in [0.717, 1.165) is 31.3 Å². The van der Waals surface area contributed by atoms with Crippen LogP contribution in [0.3, 0.4) is 0 Å². The Balaban J connectivity index is 1.47. The van der Waals surface area contributed by atoms with Crippen LogP contribution in [0.1, 0.15) is 48.1 Å². The zero-order chi connectivity index (χ0) is 19.2. The number of hydrogen-bond donors (Lipinski definition) is 1. The van der Waals surface area contributed by atoms with E-state index in [1.165, 1.54) is 61.4 Å². The molecule has 1 aromatic heterocycles. The Hall–Kier alpha value is -1.65. The molecule has 4 heteroatoms. The highest BCUT2D eigenvalue weighted by Crippen LogP contribution is 2.19. The molecule has 0 saturated carbocycles. The lowest BCUT2D eigenvalue weighted by atomic mass is 9.96. The molecular formula is C23H36N4. The summed E-state index contributed by atoms with van der Waals surface area (Å²) in [7, 11) is 2.24. The van der Waals surface area contributed by atoms with Gasteiger partial charge in [0.15, 0.2) is 0 Å². The van der Waals surface area contributed by atoms with Gasteiger partial charge in [-0.15, -0.1) is 0 Å². The molecule has 0 radical (unpaired) electrons. The van der Waals surface area contributed by atoms with Crippen LogP contribution in [0.5, 0.6) is 0 Å². The number of nitrogens with zero attached hydrogens (tertiary/aromatic N) is 3. The van der Waals surface area contributed by atoms with Gasteiger partial charge in [-0.2, -0.15) is 0 Å². The van der Waals surface area contributed by atoms with Gasteiger partial charge in [0.2, 0.25) is 0 Å². The Morgan fingerprint density at radius 3 is 2.81 bits per heavy atom. The van der Waals surface area contributed by atoms with Crippen molar-refractivity contribution in [2.75, 3.05) is 33.2 Å². The first-order chi connectivity index (χ1) is 13.0. The van der Waals surface area contributed by atoms with Crippen molar-refractivity contribution in [2.24, 2.45) is 5.92 Å².